The fraction of sp³-hybridized carbons (Fsp3) is 0.533. The third-order valence-electron chi connectivity index (χ3n) is 3.66. The molecule has 1 aromatic carbocycles. The maximum absolute atomic E-state index is 11.1. The molecule has 3 nitrogen and oxygen atoms in total. The highest BCUT2D eigenvalue weighted by atomic mass is 16.4. The Morgan fingerprint density at radius 2 is 2.17 bits per heavy atom. The Labute approximate surface area is 108 Å². The molecule has 1 aromatic rings. The van der Waals surface area contributed by atoms with Crippen molar-refractivity contribution in [3.63, 3.8) is 0 Å². The van der Waals surface area contributed by atoms with Crippen LogP contribution >= 0.6 is 0 Å². The van der Waals surface area contributed by atoms with Crippen LogP contribution in [0.2, 0.25) is 0 Å². The molecule has 0 heterocycles. The fourth-order valence-electron chi connectivity index (χ4n) is 2.69. The van der Waals surface area contributed by atoms with Crippen molar-refractivity contribution in [3.8, 4) is 0 Å². The summed E-state index contributed by atoms with van der Waals surface area (Å²) in [5.41, 5.74) is 2.78. The maximum atomic E-state index is 11.1. The number of fused-ring (bicyclic) bond motifs is 1. The molecule has 1 aliphatic rings. The van der Waals surface area contributed by atoms with Crippen LogP contribution in [-0.4, -0.2) is 23.2 Å². The molecular formula is C15H21NO2. The van der Waals surface area contributed by atoms with Crippen molar-refractivity contribution in [2.75, 3.05) is 0 Å². The van der Waals surface area contributed by atoms with Gasteiger partial charge in [-0.1, -0.05) is 37.6 Å². The Kier molecular flexibility index (Phi) is 4.37. The van der Waals surface area contributed by atoms with Crippen LogP contribution in [-0.2, 0) is 17.6 Å². The van der Waals surface area contributed by atoms with Crippen molar-refractivity contribution in [1.82, 2.24) is 5.32 Å². The Balaban J connectivity index is 1.98. The molecular weight excluding hydrogens is 226 g/mol. The zero-order valence-electron chi connectivity index (χ0n) is 10.9. The number of aryl methyl sites for hydroxylation is 1. The first-order valence-corrected chi connectivity index (χ1v) is 6.76. The average molecular weight is 247 g/mol. The van der Waals surface area contributed by atoms with Gasteiger partial charge in [-0.2, -0.15) is 0 Å². The molecule has 1 unspecified atom stereocenters. The monoisotopic (exact) mass is 247 g/mol. The number of hydrogen-bond donors (Lipinski definition) is 2. The second-order valence-corrected chi connectivity index (χ2v) is 5.05. The van der Waals surface area contributed by atoms with Gasteiger partial charge in [-0.05, 0) is 36.8 Å². The molecule has 2 N–H and O–H groups in total. The van der Waals surface area contributed by atoms with Crippen LogP contribution < -0.4 is 5.32 Å². The van der Waals surface area contributed by atoms with Gasteiger partial charge in [0, 0.05) is 6.04 Å². The molecule has 0 aromatic heterocycles. The minimum Gasteiger partial charge on any atom is -0.480 e. The molecule has 18 heavy (non-hydrogen) atoms. The van der Waals surface area contributed by atoms with E-state index < -0.39 is 12.0 Å². The summed E-state index contributed by atoms with van der Waals surface area (Å²) in [6.07, 6.45) is 4.63. The summed E-state index contributed by atoms with van der Waals surface area (Å²) < 4.78 is 0. The molecule has 3 heteroatoms. The van der Waals surface area contributed by atoms with E-state index in [0.29, 0.717) is 12.5 Å². The van der Waals surface area contributed by atoms with E-state index in [1.807, 2.05) is 6.92 Å². The molecule has 0 saturated heterocycles. The van der Waals surface area contributed by atoms with Gasteiger partial charge in [-0.15, -0.1) is 0 Å². The van der Waals surface area contributed by atoms with Gasteiger partial charge in [0.2, 0.25) is 0 Å². The Morgan fingerprint density at radius 3 is 2.83 bits per heavy atom. The predicted octanol–water partition coefficient (Wildman–Crippen LogP) is 2.39. The Morgan fingerprint density at radius 1 is 1.44 bits per heavy atom. The smallest absolute Gasteiger partial charge is 0.320 e. The molecule has 0 amide bonds. The second-order valence-electron chi connectivity index (χ2n) is 5.05. The second kappa shape index (κ2) is 6.01. The van der Waals surface area contributed by atoms with Crippen LogP contribution in [0.15, 0.2) is 24.3 Å². The number of carboxylic acid groups (broad SMARTS) is 1. The van der Waals surface area contributed by atoms with Gasteiger partial charge in [0.25, 0.3) is 0 Å². The van der Waals surface area contributed by atoms with Gasteiger partial charge in [-0.3, -0.25) is 4.79 Å². The third kappa shape index (κ3) is 3.10. The molecule has 0 bridgehead atoms. The topological polar surface area (TPSA) is 49.3 Å². The van der Waals surface area contributed by atoms with Gasteiger partial charge in [0.15, 0.2) is 0 Å². The highest BCUT2D eigenvalue weighted by Crippen LogP contribution is 2.21. The van der Waals surface area contributed by atoms with Gasteiger partial charge < -0.3 is 10.4 Å². The molecule has 0 aliphatic heterocycles. The minimum atomic E-state index is -0.726. The van der Waals surface area contributed by atoms with Crippen molar-refractivity contribution in [2.45, 2.75) is 51.1 Å². The first-order valence-electron chi connectivity index (χ1n) is 6.76. The standard InChI is InChI=1S/C15H21NO2/c1-2-5-14(15(17)18)16-13-9-8-11-6-3-4-7-12(11)10-13/h3-4,6-7,13-14,16H,2,5,8-10H2,1H3,(H,17,18)/t13?,14-/m0/s1. The normalized spacial score (nSPS) is 20.2. The van der Waals surface area contributed by atoms with Crippen LogP contribution in [0.4, 0.5) is 0 Å². The largest absolute Gasteiger partial charge is 0.480 e. The van der Waals surface area contributed by atoms with E-state index in [9.17, 15) is 4.79 Å². The Bertz CT molecular complexity index is 417. The first kappa shape index (κ1) is 13.1. The van der Waals surface area contributed by atoms with E-state index in [0.717, 1.165) is 25.7 Å². The van der Waals surface area contributed by atoms with Crippen LogP contribution in [0.3, 0.4) is 0 Å². The number of benzene rings is 1. The van der Waals surface area contributed by atoms with Crippen molar-refractivity contribution in [3.05, 3.63) is 35.4 Å². The van der Waals surface area contributed by atoms with E-state index in [4.69, 9.17) is 5.11 Å². The van der Waals surface area contributed by atoms with Gasteiger partial charge in [0.1, 0.15) is 6.04 Å². The van der Waals surface area contributed by atoms with E-state index in [1.54, 1.807) is 0 Å². The lowest BCUT2D eigenvalue weighted by Gasteiger charge is -2.28. The summed E-state index contributed by atoms with van der Waals surface area (Å²) in [7, 11) is 0. The SMILES string of the molecule is CCC[C@H](NC1CCc2ccccc2C1)C(=O)O. The quantitative estimate of drug-likeness (QED) is 0.840. The Hall–Kier alpha value is -1.35. The number of hydrogen-bond acceptors (Lipinski definition) is 2. The van der Waals surface area contributed by atoms with Gasteiger partial charge in [0.05, 0.1) is 0 Å². The minimum absolute atomic E-state index is 0.299. The maximum Gasteiger partial charge on any atom is 0.320 e. The highest BCUT2D eigenvalue weighted by molar-refractivity contribution is 5.73. The molecule has 2 atom stereocenters. The van der Waals surface area contributed by atoms with Crippen molar-refractivity contribution in [1.29, 1.82) is 0 Å². The van der Waals surface area contributed by atoms with E-state index in [2.05, 4.69) is 29.6 Å². The molecule has 0 radical (unpaired) electrons. The summed E-state index contributed by atoms with van der Waals surface area (Å²) in [4.78, 5) is 11.1. The molecule has 2 rings (SSSR count). The molecule has 0 spiro atoms. The first-order chi connectivity index (χ1) is 8.70. The molecule has 0 fully saturated rings. The van der Waals surface area contributed by atoms with Crippen LogP contribution in [0, 0.1) is 0 Å². The lowest BCUT2D eigenvalue weighted by Crippen LogP contribution is -2.45. The summed E-state index contributed by atoms with van der Waals surface area (Å²) >= 11 is 0. The molecule has 0 saturated carbocycles. The van der Waals surface area contributed by atoms with Crippen LogP contribution in [0.1, 0.15) is 37.3 Å². The molecule has 98 valence electrons. The van der Waals surface area contributed by atoms with Crippen LogP contribution in [0.5, 0.6) is 0 Å². The number of aliphatic carboxylic acids is 1. The number of rotatable bonds is 5. The number of carboxylic acids is 1. The van der Waals surface area contributed by atoms with E-state index in [-0.39, 0.29) is 0 Å². The number of nitrogens with one attached hydrogen (secondary N) is 1. The van der Waals surface area contributed by atoms with Crippen molar-refractivity contribution in [2.24, 2.45) is 0 Å². The van der Waals surface area contributed by atoms with Gasteiger partial charge >= 0.3 is 5.97 Å². The zero-order valence-corrected chi connectivity index (χ0v) is 10.9. The zero-order chi connectivity index (χ0) is 13.0. The number of carbonyl (C=O) groups is 1. The van der Waals surface area contributed by atoms with Gasteiger partial charge in [-0.25, -0.2) is 0 Å². The van der Waals surface area contributed by atoms with Crippen molar-refractivity contribution >= 4 is 5.97 Å². The molecule has 1 aliphatic carbocycles. The summed E-state index contributed by atoms with van der Waals surface area (Å²) in [5, 5.41) is 12.5. The summed E-state index contributed by atoms with van der Waals surface area (Å²) in [6, 6.07) is 8.36. The third-order valence-corrected chi connectivity index (χ3v) is 3.66. The summed E-state index contributed by atoms with van der Waals surface area (Å²) in [6.45, 7) is 2.02. The van der Waals surface area contributed by atoms with Crippen LogP contribution in [0.25, 0.3) is 0 Å². The van der Waals surface area contributed by atoms with E-state index in [1.165, 1.54) is 11.1 Å². The highest BCUT2D eigenvalue weighted by Gasteiger charge is 2.23. The lowest BCUT2D eigenvalue weighted by atomic mass is 9.88. The van der Waals surface area contributed by atoms with Crippen molar-refractivity contribution < 1.29 is 9.90 Å². The summed E-state index contributed by atoms with van der Waals surface area (Å²) in [5.74, 6) is -0.726. The lowest BCUT2D eigenvalue weighted by molar-refractivity contribution is -0.139. The predicted molar refractivity (Wildman–Crippen MR) is 71.7 cm³/mol. The fourth-order valence-corrected chi connectivity index (χ4v) is 2.69. The average Bonchev–Trinajstić information content (AvgIpc) is 2.38. The van der Waals surface area contributed by atoms with E-state index >= 15 is 0 Å².